The number of aryl methyl sites for hydroxylation is 2. The molecule has 0 radical (unpaired) electrons. The zero-order valence-corrected chi connectivity index (χ0v) is 14.4. The number of benzene rings is 1. The van der Waals surface area contributed by atoms with Gasteiger partial charge < -0.3 is 5.32 Å². The molecule has 0 bridgehead atoms. The van der Waals surface area contributed by atoms with E-state index in [1.165, 1.54) is 36.1 Å². The molecular formula is C19H32N2. The number of likely N-dealkylation sites (tertiary alicyclic amines) is 1. The Morgan fingerprint density at radius 3 is 2.71 bits per heavy atom. The molecule has 1 aromatic carbocycles. The predicted octanol–water partition coefficient (Wildman–Crippen LogP) is 4.07. The molecule has 1 aliphatic rings. The molecule has 3 unspecified atom stereocenters. The lowest BCUT2D eigenvalue weighted by Crippen LogP contribution is -2.44. The molecule has 0 aromatic heterocycles. The van der Waals surface area contributed by atoms with Crippen LogP contribution in [-0.4, -0.2) is 30.6 Å². The van der Waals surface area contributed by atoms with E-state index < -0.39 is 0 Å². The second-order valence-electron chi connectivity index (χ2n) is 6.94. The van der Waals surface area contributed by atoms with Gasteiger partial charge in [-0.2, -0.15) is 0 Å². The number of nitrogens with zero attached hydrogens (tertiary/aromatic N) is 1. The van der Waals surface area contributed by atoms with Crippen molar-refractivity contribution in [3.05, 3.63) is 34.9 Å². The highest BCUT2D eigenvalue weighted by molar-refractivity contribution is 5.33. The summed E-state index contributed by atoms with van der Waals surface area (Å²) in [6.45, 7) is 14.8. The molecule has 0 saturated carbocycles. The van der Waals surface area contributed by atoms with Crippen molar-refractivity contribution in [2.75, 3.05) is 19.6 Å². The summed E-state index contributed by atoms with van der Waals surface area (Å²) in [5, 5.41) is 3.70. The van der Waals surface area contributed by atoms with Gasteiger partial charge in [-0.15, -0.1) is 0 Å². The molecule has 0 amide bonds. The highest BCUT2D eigenvalue weighted by Crippen LogP contribution is 2.26. The summed E-state index contributed by atoms with van der Waals surface area (Å²) in [5.41, 5.74) is 4.24. The molecule has 2 heteroatoms. The Bertz CT molecular complexity index is 455. The summed E-state index contributed by atoms with van der Waals surface area (Å²) in [7, 11) is 0. The average molecular weight is 288 g/mol. The Balaban J connectivity index is 2.13. The van der Waals surface area contributed by atoms with Crippen LogP contribution in [0.2, 0.25) is 0 Å². The summed E-state index contributed by atoms with van der Waals surface area (Å²) in [5.74, 6) is 0.884. The summed E-state index contributed by atoms with van der Waals surface area (Å²) < 4.78 is 0. The van der Waals surface area contributed by atoms with Crippen molar-refractivity contribution in [1.29, 1.82) is 0 Å². The molecular weight excluding hydrogens is 256 g/mol. The van der Waals surface area contributed by atoms with Gasteiger partial charge in [0.2, 0.25) is 0 Å². The van der Waals surface area contributed by atoms with Crippen LogP contribution in [-0.2, 0) is 0 Å². The van der Waals surface area contributed by atoms with Gasteiger partial charge in [-0.1, -0.05) is 37.6 Å². The van der Waals surface area contributed by atoms with Gasteiger partial charge in [0.05, 0.1) is 0 Å². The molecule has 2 rings (SSSR count). The van der Waals surface area contributed by atoms with E-state index in [9.17, 15) is 0 Å². The van der Waals surface area contributed by atoms with Crippen molar-refractivity contribution in [2.45, 2.75) is 59.5 Å². The number of likely N-dealkylation sites (N-methyl/N-ethyl adjacent to an activating group) is 1. The van der Waals surface area contributed by atoms with Crippen molar-refractivity contribution in [3.63, 3.8) is 0 Å². The number of hydrogen-bond donors (Lipinski definition) is 1. The van der Waals surface area contributed by atoms with E-state index in [2.05, 4.69) is 63.0 Å². The average Bonchev–Trinajstić information content (AvgIpc) is 2.44. The van der Waals surface area contributed by atoms with Gasteiger partial charge in [-0.05, 0) is 63.7 Å². The maximum Gasteiger partial charge on any atom is 0.0452 e. The lowest BCUT2D eigenvalue weighted by Gasteiger charge is -2.39. The normalized spacial score (nSPS) is 25.0. The minimum absolute atomic E-state index is 0.450. The van der Waals surface area contributed by atoms with E-state index >= 15 is 0 Å². The molecule has 1 fully saturated rings. The highest BCUT2D eigenvalue weighted by Gasteiger charge is 2.25. The highest BCUT2D eigenvalue weighted by atomic mass is 15.2. The first-order valence-corrected chi connectivity index (χ1v) is 8.55. The second-order valence-corrected chi connectivity index (χ2v) is 6.94. The molecule has 0 aliphatic carbocycles. The Kier molecular flexibility index (Phi) is 5.83. The van der Waals surface area contributed by atoms with E-state index in [0.29, 0.717) is 12.1 Å². The predicted molar refractivity (Wildman–Crippen MR) is 91.8 cm³/mol. The number of hydrogen-bond acceptors (Lipinski definition) is 2. The van der Waals surface area contributed by atoms with Crippen LogP contribution in [0.15, 0.2) is 18.2 Å². The Labute approximate surface area is 130 Å². The van der Waals surface area contributed by atoms with Crippen molar-refractivity contribution in [3.8, 4) is 0 Å². The molecule has 1 heterocycles. The Morgan fingerprint density at radius 2 is 2.05 bits per heavy atom. The fourth-order valence-electron chi connectivity index (χ4n) is 3.62. The van der Waals surface area contributed by atoms with Crippen LogP contribution >= 0.6 is 0 Å². The fourth-order valence-corrected chi connectivity index (χ4v) is 3.62. The van der Waals surface area contributed by atoms with Gasteiger partial charge in [0, 0.05) is 18.6 Å². The van der Waals surface area contributed by atoms with Crippen LogP contribution < -0.4 is 5.32 Å². The van der Waals surface area contributed by atoms with Gasteiger partial charge in [-0.3, -0.25) is 4.90 Å². The van der Waals surface area contributed by atoms with E-state index in [1.54, 1.807) is 0 Å². The molecule has 118 valence electrons. The maximum atomic E-state index is 3.70. The SMILES string of the molecule is CCNC(CN1CCC(C)CC1C)c1cc(C)ccc1C. The van der Waals surface area contributed by atoms with Gasteiger partial charge in [0.15, 0.2) is 0 Å². The van der Waals surface area contributed by atoms with E-state index in [-0.39, 0.29) is 0 Å². The molecule has 2 nitrogen and oxygen atoms in total. The third kappa shape index (κ3) is 4.31. The van der Waals surface area contributed by atoms with Gasteiger partial charge >= 0.3 is 0 Å². The molecule has 21 heavy (non-hydrogen) atoms. The zero-order chi connectivity index (χ0) is 15.4. The van der Waals surface area contributed by atoms with Gasteiger partial charge in [0.25, 0.3) is 0 Å². The third-order valence-corrected chi connectivity index (χ3v) is 4.95. The van der Waals surface area contributed by atoms with E-state index in [4.69, 9.17) is 0 Å². The number of rotatable bonds is 5. The van der Waals surface area contributed by atoms with E-state index in [1.807, 2.05) is 0 Å². The van der Waals surface area contributed by atoms with Crippen molar-refractivity contribution < 1.29 is 0 Å². The molecule has 1 saturated heterocycles. The maximum absolute atomic E-state index is 3.70. The first-order chi connectivity index (χ1) is 10.0. The fraction of sp³-hybridized carbons (Fsp3) is 0.684. The molecule has 3 atom stereocenters. The van der Waals surface area contributed by atoms with Crippen LogP contribution in [0.25, 0.3) is 0 Å². The monoisotopic (exact) mass is 288 g/mol. The summed E-state index contributed by atoms with van der Waals surface area (Å²) in [4.78, 5) is 2.68. The Morgan fingerprint density at radius 1 is 1.29 bits per heavy atom. The minimum atomic E-state index is 0.450. The van der Waals surface area contributed by atoms with Crippen molar-refractivity contribution in [2.24, 2.45) is 5.92 Å². The summed E-state index contributed by atoms with van der Waals surface area (Å²) in [6, 6.07) is 8.00. The van der Waals surface area contributed by atoms with Crippen LogP contribution in [0, 0.1) is 19.8 Å². The van der Waals surface area contributed by atoms with Crippen LogP contribution in [0.3, 0.4) is 0 Å². The first kappa shape index (κ1) is 16.5. The zero-order valence-electron chi connectivity index (χ0n) is 14.4. The minimum Gasteiger partial charge on any atom is -0.309 e. The lowest BCUT2D eigenvalue weighted by molar-refractivity contribution is 0.117. The standard InChI is InChI=1S/C19H32N2/c1-6-20-19(18-12-14(2)7-8-16(18)4)13-21-10-9-15(3)11-17(21)5/h7-8,12,15,17,19-20H,6,9-11,13H2,1-5H3. The van der Waals surface area contributed by atoms with Gasteiger partial charge in [-0.25, -0.2) is 0 Å². The van der Waals surface area contributed by atoms with Crippen LogP contribution in [0.1, 0.15) is 56.3 Å². The van der Waals surface area contributed by atoms with Crippen molar-refractivity contribution in [1.82, 2.24) is 10.2 Å². The van der Waals surface area contributed by atoms with Crippen molar-refractivity contribution >= 4 is 0 Å². The van der Waals surface area contributed by atoms with Crippen LogP contribution in [0.5, 0.6) is 0 Å². The molecule has 1 aromatic rings. The van der Waals surface area contributed by atoms with E-state index in [0.717, 1.165) is 19.0 Å². The summed E-state index contributed by atoms with van der Waals surface area (Å²) >= 11 is 0. The molecule has 1 N–H and O–H groups in total. The quantitative estimate of drug-likeness (QED) is 0.878. The first-order valence-electron chi connectivity index (χ1n) is 8.55. The topological polar surface area (TPSA) is 15.3 Å². The third-order valence-electron chi connectivity index (χ3n) is 4.95. The molecule has 1 aliphatic heterocycles. The largest absolute Gasteiger partial charge is 0.309 e. The number of piperidine rings is 1. The second kappa shape index (κ2) is 7.42. The smallest absolute Gasteiger partial charge is 0.0452 e. The Hall–Kier alpha value is -0.860. The number of nitrogens with one attached hydrogen (secondary N) is 1. The summed E-state index contributed by atoms with van der Waals surface area (Å²) in [6.07, 6.45) is 2.68. The van der Waals surface area contributed by atoms with Gasteiger partial charge in [0.1, 0.15) is 0 Å². The lowest BCUT2D eigenvalue weighted by atomic mass is 9.91. The van der Waals surface area contributed by atoms with Crippen LogP contribution in [0.4, 0.5) is 0 Å². The molecule has 0 spiro atoms.